The van der Waals surface area contributed by atoms with Crippen LogP contribution in [-0.2, 0) is 4.74 Å². The Morgan fingerprint density at radius 1 is 1.38 bits per heavy atom. The summed E-state index contributed by atoms with van der Waals surface area (Å²) in [5.41, 5.74) is -0.443. The summed E-state index contributed by atoms with van der Waals surface area (Å²) in [5, 5.41) is 11.1. The number of carboxylic acid groups (broad SMARTS) is 1. The van der Waals surface area contributed by atoms with Crippen molar-refractivity contribution in [2.45, 2.75) is 19.1 Å². The van der Waals surface area contributed by atoms with E-state index in [0.717, 1.165) is 0 Å². The van der Waals surface area contributed by atoms with Gasteiger partial charge in [-0.3, -0.25) is 4.79 Å². The van der Waals surface area contributed by atoms with E-state index in [1.165, 1.54) is 25.1 Å². The van der Waals surface area contributed by atoms with Crippen LogP contribution in [0.15, 0.2) is 18.2 Å². The van der Waals surface area contributed by atoms with E-state index in [0.29, 0.717) is 0 Å². The highest BCUT2D eigenvalue weighted by Gasteiger charge is 2.27. The maximum atomic E-state index is 11.9. The number of hydrogen-bond donors (Lipinski definition) is 2. The molecule has 1 aromatic rings. The van der Waals surface area contributed by atoms with Crippen LogP contribution >= 0.6 is 0 Å². The van der Waals surface area contributed by atoms with E-state index in [9.17, 15) is 22.8 Å². The number of aromatic carboxylic acids is 1. The monoisotopic (exact) mass is 306 g/mol. The van der Waals surface area contributed by atoms with E-state index in [4.69, 9.17) is 5.11 Å². The first-order valence-corrected chi connectivity index (χ1v) is 5.85. The zero-order valence-electron chi connectivity index (χ0n) is 11.0. The molecule has 0 aromatic carbocycles. The fraction of sp³-hybridized carbons (Fsp3) is 0.417. The second-order valence-corrected chi connectivity index (χ2v) is 4.22. The molecule has 9 heteroatoms. The van der Waals surface area contributed by atoms with Gasteiger partial charge < -0.3 is 15.2 Å². The van der Waals surface area contributed by atoms with Crippen molar-refractivity contribution in [1.29, 1.82) is 0 Å². The molecule has 21 heavy (non-hydrogen) atoms. The number of nitrogens with zero attached hydrogens (tertiary/aromatic N) is 1. The normalized spacial score (nSPS) is 12.8. The first-order chi connectivity index (χ1) is 9.69. The van der Waals surface area contributed by atoms with Crippen molar-refractivity contribution in [3.05, 3.63) is 29.6 Å². The van der Waals surface area contributed by atoms with Crippen LogP contribution in [0.1, 0.15) is 27.9 Å². The second-order valence-electron chi connectivity index (χ2n) is 4.22. The molecule has 1 atom stereocenters. The number of aromatic nitrogens is 1. The molecule has 1 rings (SSSR count). The van der Waals surface area contributed by atoms with Crippen LogP contribution in [-0.4, -0.2) is 47.4 Å². The van der Waals surface area contributed by atoms with Crippen LogP contribution in [0.25, 0.3) is 0 Å². The lowest BCUT2D eigenvalue weighted by Crippen LogP contribution is -2.37. The predicted octanol–water partition coefficient (Wildman–Crippen LogP) is 1.48. The molecule has 0 bridgehead atoms. The summed E-state index contributed by atoms with van der Waals surface area (Å²) < 4.78 is 40.0. The number of amides is 1. The first-order valence-electron chi connectivity index (χ1n) is 5.85. The van der Waals surface area contributed by atoms with Crippen molar-refractivity contribution in [1.82, 2.24) is 10.3 Å². The number of alkyl halides is 3. The minimum atomic E-state index is -4.43. The van der Waals surface area contributed by atoms with Crippen LogP contribution in [0.3, 0.4) is 0 Å². The largest absolute Gasteiger partial charge is 0.477 e. The second kappa shape index (κ2) is 7.02. The smallest absolute Gasteiger partial charge is 0.411 e. The molecule has 6 nitrogen and oxygen atoms in total. The number of rotatable bonds is 6. The highest BCUT2D eigenvalue weighted by Crippen LogP contribution is 2.14. The standard InChI is InChI=1S/C12H13F3N2O4/c1-7(5-21-6-12(13,14)15)16-10(18)8-3-2-4-9(17-8)11(19)20/h2-4,7H,5-6H2,1H3,(H,16,18)(H,19,20). The van der Waals surface area contributed by atoms with Crippen molar-refractivity contribution in [3.63, 3.8) is 0 Å². The third kappa shape index (κ3) is 6.21. The molecule has 1 heterocycles. The number of nitrogens with one attached hydrogen (secondary N) is 1. The van der Waals surface area contributed by atoms with Crippen LogP contribution < -0.4 is 5.32 Å². The molecule has 1 unspecified atom stereocenters. The van der Waals surface area contributed by atoms with Gasteiger partial charge in [0.05, 0.1) is 6.61 Å². The molecule has 1 aromatic heterocycles. The zero-order chi connectivity index (χ0) is 16.0. The SMILES string of the molecule is CC(COCC(F)(F)F)NC(=O)c1cccc(C(=O)O)n1. The van der Waals surface area contributed by atoms with E-state index >= 15 is 0 Å². The average Bonchev–Trinajstić information content (AvgIpc) is 2.37. The lowest BCUT2D eigenvalue weighted by atomic mass is 10.2. The Hall–Kier alpha value is -2.16. The molecule has 0 saturated carbocycles. The predicted molar refractivity (Wildman–Crippen MR) is 65.0 cm³/mol. The van der Waals surface area contributed by atoms with E-state index < -0.39 is 30.7 Å². The average molecular weight is 306 g/mol. The van der Waals surface area contributed by atoms with E-state index in [2.05, 4.69) is 15.0 Å². The van der Waals surface area contributed by atoms with Crippen LogP contribution in [0, 0.1) is 0 Å². The minimum Gasteiger partial charge on any atom is -0.477 e. The molecule has 0 fully saturated rings. The van der Waals surface area contributed by atoms with Crippen LogP contribution in [0.5, 0.6) is 0 Å². The minimum absolute atomic E-state index is 0.141. The summed E-state index contributed by atoms with van der Waals surface area (Å²) in [4.78, 5) is 26.1. The summed E-state index contributed by atoms with van der Waals surface area (Å²) in [6, 6.07) is 3.17. The highest BCUT2D eigenvalue weighted by molar-refractivity contribution is 5.94. The molecule has 0 radical (unpaired) electrons. The molecule has 0 saturated heterocycles. The number of hydrogen-bond acceptors (Lipinski definition) is 4. The van der Waals surface area contributed by atoms with Gasteiger partial charge in [0, 0.05) is 6.04 Å². The van der Waals surface area contributed by atoms with Crippen molar-refractivity contribution in [2.75, 3.05) is 13.2 Å². The number of carboxylic acids is 1. The Morgan fingerprint density at radius 3 is 2.57 bits per heavy atom. The highest BCUT2D eigenvalue weighted by atomic mass is 19.4. The van der Waals surface area contributed by atoms with Gasteiger partial charge in [0.1, 0.15) is 18.0 Å². The molecule has 0 spiro atoms. The van der Waals surface area contributed by atoms with E-state index in [1.54, 1.807) is 0 Å². The lowest BCUT2D eigenvalue weighted by molar-refractivity contribution is -0.174. The number of halogens is 3. The number of ether oxygens (including phenoxy) is 1. The zero-order valence-corrected chi connectivity index (χ0v) is 11.0. The number of pyridine rings is 1. The van der Waals surface area contributed by atoms with Gasteiger partial charge in [0.15, 0.2) is 0 Å². The first kappa shape index (κ1) is 16.9. The van der Waals surface area contributed by atoms with Crippen LogP contribution in [0.2, 0.25) is 0 Å². The molecular weight excluding hydrogens is 293 g/mol. The topological polar surface area (TPSA) is 88.5 Å². The summed E-state index contributed by atoms with van der Waals surface area (Å²) in [5.74, 6) is -1.98. The molecule has 0 aliphatic heterocycles. The van der Waals surface area contributed by atoms with Gasteiger partial charge in [0.25, 0.3) is 5.91 Å². The van der Waals surface area contributed by atoms with Crippen LogP contribution in [0.4, 0.5) is 13.2 Å². The maximum absolute atomic E-state index is 11.9. The molecule has 1 amide bonds. The fourth-order valence-corrected chi connectivity index (χ4v) is 1.37. The quantitative estimate of drug-likeness (QED) is 0.831. The lowest BCUT2D eigenvalue weighted by Gasteiger charge is -2.15. The Morgan fingerprint density at radius 2 is 2.00 bits per heavy atom. The summed E-state index contributed by atoms with van der Waals surface area (Å²) >= 11 is 0. The van der Waals surface area contributed by atoms with Crippen molar-refractivity contribution in [3.8, 4) is 0 Å². The number of carbonyl (C=O) groups is 2. The number of carbonyl (C=O) groups excluding carboxylic acids is 1. The Bertz CT molecular complexity index is 519. The van der Waals surface area contributed by atoms with E-state index in [-0.39, 0.29) is 18.0 Å². The Balaban J connectivity index is 2.52. The maximum Gasteiger partial charge on any atom is 0.411 e. The molecule has 0 aliphatic rings. The van der Waals surface area contributed by atoms with Gasteiger partial charge in [-0.1, -0.05) is 6.07 Å². The third-order valence-corrected chi connectivity index (χ3v) is 2.21. The Labute approximate surface area is 117 Å². The van der Waals surface area contributed by atoms with Gasteiger partial charge in [-0.25, -0.2) is 9.78 Å². The molecule has 0 aliphatic carbocycles. The fourth-order valence-electron chi connectivity index (χ4n) is 1.37. The van der Waals surface area contributed by atoms with Gasteiger partial charge in [-0.05, 0) is 19.1 Å². The molecule has 2 N–H and O–H groups in total. The van der Waals surface area contributed by atoms with Crippen molar-refractivity contribution < 1.29 is 32.6 Å². The molecular formula is C12H13F3N2O4. The Kier molecular flexibility index (Phi) is 5.65. The van der Waals surface area contributed by atoms with Crippen molar-refractivity contribution >= 4 is 11.9 Å². The van der Waals surface area contributed by atoms with Crippen molar-refractivity contribution in [2.24, 2.45) is 0 Å². The van der Waals surface area contributed by atoms with Gasteiger partial charge in [-0.2, -0.15) is 13.2 Å². The molecule has 116 valence electrons. The third-order valence-electron chi connectivity index (χ3n) is 2.21. The summed E-state index contributed by atoms with van der Waals surface area (Å²) in [6.45, 7) is -0.279. The summed E-state index contributed by atoms with van der Waals surface area (Å²) in [6.07, 6.45) is -4.43. The van der Waals surface area contributed by atoms with Gasteiger partial charge in [0.2, 0.25) is 0 Å². The van der Waals surface area contributed by atoms with E-state index in [1.807, 2.05) is 0 Å². The van der Waals surface area contributed by atoms with Gasteiger partial charge in [-0.15, -0.1) is 0 Å². The summed E-state index contributed by atoms with van der Waals surface area (Å²) in [7, 11) is 0. The van der Waals surface area contributed by atoms with Gasteiger partial charge >= 0.3 is 12.1 Å².